The number of hydrogen-bond donors (Lipinski definition) is 0. The summed E-state index contributed by atoms with van der Waals surface area (Å²) in [5.74, 6) is 1.32. The van der Waals surface area contributed by atoms with Gasteiger partial charge in [0.1, 0.15) is 0 Å². The van der Waals surface area contributed by atoms with E-state index >= 15 is 0 Å². The third-order valence-corrected chi connectivity index (χ3v) is 1.47. The topological polar surface area (TPSA) is 53.1 Å². The summed E-state index contributed by atoms with van der Waals surface area (Å²) in [6, 6.07) is 4.97. The fourth-order valence-corrected chi connectivity index (χ4v) is 0.947. The molecule has 0 saturated heterocycles. The highest BCUT2D eigenvalue weighted by atomic mass is 16.7. The molecular weight excluding hydrogens is 144 g/mol. The molecule has 1 aliphatic rings. The maximum atomic E-state index is 8.40. The van der Waals surface area contributed by atoms with Crippen molar-refractivity contribution in [3.8, 4) is 11.5 Å². The van der Waals surface area contributed by atoms with E-state index in [1.165, 1.54) is 0 Å². The van der Waals surface area contributed by atoms with Crippen LogP contribution < -0.4 is 9.47 Å². The van der Waals surface area contributed by atoms with Gasteiger partial charge in [-0.25, -0.2) is 0 Å². The van der Waals surface area contributed by atoms with Crippen molar-refractivity contribution in [1.82, 2.24) is 0 Å². The fraction of sp³-hybridized carbons (Fsp3) is 0.143. The summed E-state index contributed by atoms with van der Waals surface area (Å²) in [4.78, 5) is 0. The van der Waals surface area contributed by atoms with E-state index in [4.69, 9.17) is 15.0 Å². The van der Waals surface area contributed by atoms with Crippen molar-refractivity contribution < 1.29 is 9.47 Å². The Labute approximate surface area is 63.3 Å². The summed E-state index contributed by atoms with van der Waals surface area (Å²) in [6.07, 6.45) is 0. The lowest BCUT2D eigenvalue weighted by molar-refractivity contribution is 0.174. The van der Waals surface area contributed by atoms with E-state index in [-0.39, 0.29) is 6.79 Å². The Balaban J connectivity index is 2.48. The first kappa shape index (κ1) is 6.15. The molecule has 0 amide bonds. The quantitative estimate of drug-likeness (QED) is 0.574. The van der Waals surface area contributed by atoms with E-state index in [1.54, 1.807) is 18.2 Å². The van der Waals surface area contributed by atoms with Crippen molar-refractivity contribution in [2.75, 3.05) is 6.79 Å². The molecule has 1 aromatic rings. The maximum absolute atomic E-state index is 8.40. The fourth-order valence-electron chi connectivity index (χ4n) is 0.947. The Kier molecular flexibility index (Phi) is 1.25. The van der Waals surface area contributed by atoms with Crippen LogP contribution in [0.2, 0.25) is 0 Å². The van der Waals surface area contributed by atoms with Crippen molar-refractivity contribution in [3.05, 3.63) is 23.7 Å². The third kappa shape index (κ3) is 0.920. The molecule has 1 aromatic carbocycles. The normalized spacial score (nSPS) is 13.1. The molecule has 0 radical (unpaired) electrons. The molecule has 0 aliphatic carbocycles. The van der Waals surface area contributed by atoms with Gasteiger partial charge in [0.2, 0.25) is 6.79 Å². The van der Waals surface area contributed by atoms with E-state index in [1.807, 2.05) is 0 Å². The van der Waals surface area contributed by atoms with E-state index in [9.17, 15) is 0 Å². The highest BCUT2D eigenvalue weighted by Crippen LogP contribution is 2.34. The van der Waals surface area contributed by atoms with Crippen molar-refractivity contribution in [3.63, 3.8) is 0 Å². The van der Waals surface area contributed by atoms with Gasteiger partial charge in [0.25, 0.3) is 0 Å². The molecule has 0 fully saturated rings. The Bertz CT molecular complexity index is 298. The minimum atomic E-state index is 0.240. The van der Waals surface area contributed by atoms with Crippen LogP contribution >= 0.6 is 0 Å². The maximum Gasteiger partial charge on any atom is 0.231 e. The molecule has 0 saturated carbocycles. The summed E-state index contributed by atoms with van der Waals surface area (Å²) < 4.78 is 10.1. The minimum absolute atomic E-state index is 0.240. The Hall–Kier alpha value is -1.58. The molecule has 0 bridgehead atoms. The van der Waals surface area contributed by atoms with Crippen LogP contribution in [0, 0.1) is 0 Å². The van der Waals surface area contributed by atoms with Crippen LogP contribution in [0.3, 0.4) is 0 Å². The van der Waals surface area contributed by atoms with Gasteiger partial charge in [-0.15, -0.1) is 0 Å². The van der Waals surface area contributed by atoms with E-state index < -0.39 is 0 Å². The molecule has 0 aromatic heterocycles. The standard InChI is InChI=1S/C7H5N2O2/c8-9-5-1-2-6-7(3-5)11-4-10-6/h1-3H,4H2/q-1. The molecular formula is C7H5N2O2-. The smallest absolute Gasteiger partial charge is 0.231 e. The minimum Gasteiger partial charge on any atom is -0.706 e. The first-order valence-electron chi connectivity index (χ1n) is 3.15. The highest BCUT2D eigenvalue weighted by molar-refractivity contribution is 5.52. The summed E-state index contributed by atoms with van der Waals surface area (Å²) in [6.45, 7) is 0.240. The molecule has 11 heavy (non-hydrogen) atoms. The predicted molar refractivity (Wildman–Crippen MR) is 38.0 cm³/mol. The van der Waals surface area contributed by atoms with Crippen molar-refractivity contribution in [2.45, 2.75) is 0 Å². The number of hydrogen-bond acceptors (Lipinski definition) is 3. The summed E-state index contributed by atoms with van der Waals surface area (Å²) in [7, 11) is 0. The molecule has 4 heteroatoms. The lowest BCUT2D eigenvalue weighted by Crippen LogP contribution is -1.92. The van der Waals surface area contributed by atoms with Crippen LogP contribution in [0.15, 0.2) is 23.3 Å². The average Bonchev–Trinajstić information content (AvgIpc) is 2.50. The predicted octanol–water partition coefficient (Wildman–Crippen LogP) is 2.07. The summed E-state index contributed by atoms with van der Waals surface area (Å²) in [5, 5.41) is 3.01. The first-order valence-corrected chi connectivity index (χ1v) is 3.15. The van der Waals surface area contributed by atoms with Crippen molar-refractivity contribution in [1.29, 1.82) is 0 Å². The second-order valence-corrected chi connectivity index (χ2v) is 2.14. The van der Waals surface area contributed by atoms with E-state index in [0.29, 0.717) is 17.2 Å². The molecule has 1 aliphatic heterocycles. The molecule has 56 valence electrons. The lowest BCUT2D eigenvalue weighted by Gasteiger charge is -1.98. The number of fused-ring (bicyclic) bond motifs is 1. The Morgan fingerprint density at radius 3 is 2.91 bits per heavy atom. The summed E-state index contributed by atoms with van der Waals surface area (Å²) >= 11 is 0. The van der Waals surface area contributed by atoms with Crippen LogP contribution in [-0.4, -0.2) is 6.79 Å². The van der Waals surface area contributed by atoms with Gasteiger partial charge in [-0.1, -0.05) is 0 Å². The van der Waals surface area contributed by atoms with Gasteiger partial charge in [0.15, 0.2) is 11.5 Å². The molecule has 1 heterocycles. The van der Waals surface area contributed by atoms with Crippen LogP contribution in [-0.2, 0) is 0 Å². The van der Waals surface area contributed by atoms with E-state index in [0.717, 1.165) is 0 Å². The lowest BCUT2D eigenvalue weighted by atomic mass is 10.3. The van der Waals surface area contributed by atoms with Gasteiger partial charge in [-0.05, 0) is 12.1 Å². The van der Waals surface area contributed by atoms with Gasteiger partial charge in [0, 0.05) is 11.8 Å². The second kappa shape index (κ2) is 2.23. The van der Waals surface area contributed by atoms with E-state index in [2.05, 4.69) is 5.11 Å². The molecule has 4 nitrogen and oxygen atoms in total. The molecule has 2 rings (SSSR count). The SMILES string of the molecule is [N-]=Nc1ccc2c(c1)OCO2. The monoisotopic (exact) mass is 149 g/mol. The van der Waals surface area contributed by atoms with Gasteiger partial charge >= 0.3 is 0 Å². The molecule has 0 unspecified atom stereocenters. The highest BCUT2D eigenvalue weighted by Gasteiger charge is 2.11. The number of ether oxygens (including phenoxy) is 2. The van der Waals surface area contributed by atoms with Crippen LogP contribution in [0.4, 0.5) is 5.69 Å². The van der Waals surface area contributed by atoms with Crippen LogP contribution in [0.1, 0.15) is 0 Å². The van der Waals surface area contributed by atoms with Crippen LogP contribution in [0.25, 0.3) is 5.53 Å². The van der Waals surface area contributed by atoms with Crippen molar-refractivity contribution >= 4 is 5.69 Å². The zero-order chi connectivity index (χ0) is 7.68. The molecule has 0 atom stereocenters. The first-order chi connectivity index (χ1) is 5.40. The zero-order valence-electron chi connectivity index (χ0n) is 5.65. The van der Waals surface area contributed by atoms with Gasteiger partial charge < -0.3 is 20.1 Å². The number of nitrogens with zero attached hydrogens (tertiary/aromatic N) is 2. The van der Waals surface area contributed by atoms with Gasteiger partial charge in [0.05, 0.1) is 0 Å². The average molecular weight is 149 g/mol. The zero-order valence-corrected chi connectivity index (χ0v) is 5.65. The van der Waals surface area contributed by atoms with Crippen LogP contribution in [0.5, 0.6) is 11.5 Å². The second-order valence-electron chi connectivity index (χ2n) is 2.14. The molecule has 0 spiro atoms. The largest absolute Gasteiger partial charge is 0.706 e. The number of rotatable bonds is 1. The van der Waals surface area contributed by atoms with Crippen molar-refractivity contribution in [2.24, 2.45) is 5.11 Å². The summed E-state index contributed by atoms with van der Waals surface area (Å²) in [5.41, 5.74) is 8.86. The molecule has 0 N–H and O–H groups in total. The van der Waals surface area contributed by atoms with Gasteiger partial charge in [-0.3, -0.25) is 0 Å². The van der Waals surface area contributed by atoms with Gasteiger partial charge in [-0.2, -0.15) is 0 Å². The third-order valence-electron chi connectivity index (χ3n) is 1.47. The number of benzene rings is 1. The Morgan fingerprint density at radius 1 is 1.27 bits per heavy atom. The Morgan fingerprint density at radius 2 is 2.09 bits per heavy atom.